The fraction of sp³-hybridized carbons (Fsp3) is 0.750. The molecule has 1 fully saturated rings. The topological polar surface area (TPSA) is 72.2 Å². The van der Waals surface area contributed by atoms with Crippen molar-refractivity contribution in [2.45, 2.75) is 44.2 Å². The second-order valence-corrected chi connectivity index (χ2v) is 7.61. The van der Waals surface area contributed by atoms with Gasteiger partial charge in [0.2, 0.25) is 0 Å². The van der Waals surface area contributed by atoms with Crippen molar-refractivity contribution in [3.05, 3.63) is 17.7 Å². The number of aliphatic hydroxyl groups excluding tert-OH is 1. The lowest BCUT2D eigenvalue weighted by atomic mass is 10.0. The number of nitrogens with zero attached hydrogens (tertiary/aromatic N) is 2. The van der Waals surface area contributed by atoms with Gasteiger partial charge >= 0.3 is 0 Å². The first-order valence-electron chi connectivity index (χ1n) is 6.48. The van der Waals surface area contributed by atoms with Gasteiger partial charge in [0, 0.05) is 25.1 Å². The fourth-order valence-electron chi connectivity index (χ4n) is 2.90. The molecule has 0 aromatic carbocycles. The van der Waals surface area contributed by atoms with Gasteiger partial charge in [-0.1, -0.05) is 0 Å². The van der Waals surface area contributed by atoms with E-state index in [0.717, 1.165) is 37.2 Å². The molecule has 3 heterocycles. The second-order valence-electron chi connectivity index (χ2n) is 5.38. The molecule has 1 saturated heterocycles. The summed E-state index contributed by atoms with van der Waals surface area (Å²) >= 11 is 0. The monoisotopic (exact) mass is 270 g/mol. The minimum absolute atomic E-state index is 0.0407. The Balaban J connectivity index is 1.85. The minimum atomic E-state index is -2.89. The van der Waals surface area contributed by atoms with Crippen LogP contribution in [-0.2, 0) is 22.8 Å². The largest absolute Gasteiger partial charge is 0.391 e. The SMILES string of the molecule is O=S1(=O)CCCC(c2cn3c(n2)CCC(O)C3)C1. The second kappa shape index (κ2) is 4.35. The van der Waals surface area contributed by atoms with Crippen LogP contribution in [0.2, 0.25) is 0 Å². The van der Waals surface area contributed by atoms with Gasteiger partial charge in [0.1, 0.15) is 5.82 Å². The zero-order valence-corrected chi connectivity index (χ0v) is 11.1. The van der Waals surface area contributed by atoms with Crippen LogP contribution in [0.25, 0.3) is 0 Å². The van der Waals surface area contributed by atoms with E-state index in [9.17, 15) is 13.5 Å². The molecule has 1 aromatic rings. The summed E-state index contributed by atoms with van der Waals surface area (Å²) in [6, 6.07) is 0. The summed E-state index contributed by atoms with van der Waals surface area (Å²) in [5.74, 6) is 1.57. The maximum Gasteiger partial charge on any atom is 0.150 e. The van der Waals surface area contributed by atoms with Crippen molar-refractivity contribution in [1.82, 2.24) is 9.55 Å². The summed E-state index contributed by atoms with van der Waals surface area (Å²) in [4.78, 5) is 4.56. The Morgan fingerprint density at radius 1 is 1.39 bits per heavy atom. The van der Waals surface area contributed by atoms with E-state index >= 15 is 0 Å². The molecule has 0 bridgehead atoms. The van der Waals surface area contributed by atoms with Crippen molar-refractivity contribution in [1.29, 1.82) is 0 Å². The van der Waals surface area contributed by atoms with Gasteiger partial charge in [-0.05, 0) is 19.3 Å². The molecule has 0 saturated carbocycles. The Bertz CT molecular complexity index is 550. The van der Waals surface area contributed by atoms with E-state index in [1.165, 1.54) is 0 Å². The van der Waals surface area contributed by atoms with E-state index < -0.39 is 9.84 Å². The van der Waals surface area contributed by atoms with E-state index in [0.29, 0.717) is 12.3 Å². The van der Waals surface area contributed by atoms with Gasteiger partial charge in [-0.25, -0.2) is 13.4 Å². The molecule has 1 N–H and O–H groups in total. The molecule has 3 rings (SSSR count). The van der Waals surface area contributed by atoms with Gasteiger partial charge in [-0.3, -0.25) is 0 Å². The smallest absolute Gasteiger partial charge is 0.150 e. The highest BCUT2D eigenvalue weighted by molar-refractivity contribution is 7.91. The van der Waals surface area contributed by atoms with Gasteiger partial charge in [-0.2, -0.15) is 0 Å². The van der Waals surface area contributed by atoms with Crippen LogP contribution in [0.5, 0.6) is 0 Å². The van der Waals surface area contributed by atoms with Crippen LogP contribution in [0.1, 0.15) is 36.7 Å². The number of sulfone groups is 1. The van der Waals surface area contributed by atoms with E-state index in [4.69, 9.17) is 0 Å². The lowest BCUT2D eigenvalue weighted by molar-refractivity contribution is 0.130. The molecular formula is C12H18N2O3S. The van der Waals surface area contributed by atoms with Gasteiger partial charge in [0.25, 0.3) is 0 Å². The van der Waals surface area contributed by atoms with Crippen molar-refractivity contribution in [3.63, 3.8) is 0 Å². The third kappa shape index (κ3) is 2.31. The third-order valence-electron chi connectivity index (χ3n) is 3.87. The summed E-state index contributed by atoms with van der Waals surface area (Å²) in [6.07, 6.45) is 4.80. The molecule has 0 aliphatic carbocycles. The Morgan fingerprint density at radius 2 is 2.22 bits per heavy atom. The molecule has 1 aromatic heterocycles. The highest BCUT2D eigenvalue weighted by Crippen LogP contribution is 2.29. The van der Waals surface area contributed by atoms with Crippen LogP contribution >= 0.6 is 0 Å². The Kier molecular flexibility index (Phi) is 2.94. The lowest BCUT2D eigenvalue weighted by Gasteiger charge is -2.19. The molecule has 2 atom stereocenters. The first-order chi connectivity index (χ1) is 8.53. The van der Waals surface area contributed by atoms with Gasteiger partial charge < -0.3 is 9.67 Å². The Labute approximate surface area is 107 Å². The van der Waals surface area contributed by atoms with E-state index in [2.05, 4.69) is 4.98 Å². The Hall–Kier alpha value is -0.880. The highest BCUT2D eigenvalue weighted by atomic mass is 32.2. The molecule has 5 nitrogen and oxygen atoms in total. The number of imidazole rings is 1. The predicted molar refractivity (Wildman–Crippen MR) is 67.2 cm³/mol. The normalized spacial score (nSPS) is 30.9. The van der Waals surface area contributed by atoms with E-state index in [1.54, 1.807) is 0 Å². The molecule has 2 aliphatic rings. The number of aromatic nitrogens is 2. The first kappa shape index (κ1) is 12.2. The van der Waals surface area contributed by atoms with Crippen molar-refractivity contribution >= 4 is 9.84 Å². The maximum absolute atomic E-state index is 11.7. The van der Waals surface area contributed by atoms with Gasteiger partial charge in [0.15, 0.2) is 9.84 Å². The van der Waals surface area contributed by atoms with Crippen LogP contribution in [-0.4, -0.2) is 40.7 Å². The average Bonchev–Trinajstić information content (AvgIpc) is 2.70. The van der Waals surface area contributed by atoms with Crippen LogP contribution in [0, 0.1) is 0 Å². The van der Waals surface area contributed by atoms with Crippen molar-refractivity contribution < 1.29 is 13.5 Å². The summed E-state index contributed by atoms with van der Waals surface area (Å²) in [7, 11) is -2.89. The number of hydrogen-bond donors (Lipinski definition) is 1. The summed E-state index contributed by atoms with van der Waals surface area (Å²) in [6.45, 7) is 0.585. The fourth-order valence-corrected chi connectivity index (χ4v) is 4.62. The molecule has 0 amide bonds. The minimum Gasteiger partial charge on any atom is -0.391 e. The third-order valence-corrected chi connectivity index (χ3v) is 5.69. The summed E-state index contributed by atoms with van der Waals surface area (Å²) < 4.78 is 25.3. The number of hydrogen-bond acceptors (Lipinski definition) is 4. The molecule has 6 heteroatoms. The van der Waals surface area contributed by atoms with Crippen LogP contribution < -0.4 is 0 Å². The van der Waals surface area contributed by atoms with Gasteiger partial charge in [-0.15, -0.1) is 0 Å². The summed E-state index contributed by atoms with van der Waals surface area (Å²) in [5, 5.41) is 9.61. The number of aliphatic hydroxyl groups is 1. The zero-order valence-electron chi connectivity index (χ0n) is 10.2. The lowest BCUT2D eigenvalue weighted by Crippen LogP contribution is -2.23. The number of aryl methyl sites for hydroxylation is 1. The quantitative estimate of drug-likeness (QED) is 0.806. The molecule has 0 spiro atoms. The standard InChI is InChI=1S/C12H18N2O3S/c15-10-3-4-12-13-11(7-14(12)6-10)9-2-1-5-18(16,17)8-9/h7,9-10,15H,1-6,8H2. The van der Waals surface area contributed by atoms with E-state index in [1.807, 2.05) is 10.8 Å². The molecular weight excluding hydrogens is 252 g/mol. The number of rotatable bonds is 1. The van der Waals surface area contributed by atoms with Crippen molar-refractivity contribution in [2.75, 3.05) is 11.5 Å². The molecule has 2 aliphatic heterocycles. The summed E-state index contributed by atoms with van der Waals surface area (Å²) in [5.41, 5.74) is 0.891. The van der Waals surface area contributed by atoms with Crippen molar-refractivity contribution in [3.8, 4) is 0 Å². The van der Waals surface area contributed by atoms with Crippen LogP contribution in [0.15, 0.2) is 6.20 Å². The van der Waals surface area contributed by atoms with Crippen molar-refractivity contribution in [2.24, 2.45) is 0 Å². The van der Waals surface area contributed by atoms with E-state index in [-0.39, 0.29) is 17.8 Å². The van der Waals surface area contributed by atoms with Crippen LogP contribution in [0.4, 0.5) is 0 Å². The average molecular weight is 270 g/mol. The molecule has 18 heavy (non-hydrogen) atoms. The van der Waals surface area contributed by atoms with Gasteiger partial charge in [0.05, 0.1) is 23.3 Å². The molecule has 0 radical (unpaired) electrons. The first-order valence-corrected chi connectivity index (χ1v) is 8.30. The van der Waals surface area contributed by atoms with Crippen LogP contribution in [0.3, 0.4) is 0 Å². The predicted octanol–water partition coefficient (Wildman–Crippen LogP) is 0.482. The number of fused-ring (bicyclic) bond motifs is 1. The Morgan fingerprint density at radius 3 is 3.00 bits per heavy atom. The zero-order chi connectivity index (χ0) is 12.8. The maximum atomic E-state index is 11.7. The molecule has 2 unspecified atom stereocenters. The molecule has 100 valence electrons. The highest BCUT2D eigenvalue weighted by Gasteiger charge is 2.29.